The minimum atomic E-state index is -1.17. The highest BCUT2D eigenvalue weighted by Crippen LogP contribution is 2.41. The lowest BCUT2D eigenvalue weighted by atomic mass is 9.87. The number of halogens is 1. The van der Waals surface area contributed by atoms with Crippen molar-refractivity contribution in [2.75, 3.05) is 39.9 Å². The van der Waals surface area contributed by atoms with E-state index in [0.717, 1.165) is 16.7 Å². The summed E-state index contributed by atoms with van der Waals surface area (Å²) in [5.74, 6) is -2.42. The summed E-state index contributed by atoms with van der Waals surface area (Å²) < 4.78 is 12.2. The molecule has 4 atom stereocenters. The van der Waals surface area contributed by atoms with E-state index in [1.807, 2.05) is 30.3 Å². The predicted octanol–water partition coefficient (Wildman–Crippen LogP) is 6.09. The third-order valence-electron chi connectivity index (χ3n) is 10.8. The van der Waals surface area contributed by atoms with Crippen molar-refractivity contribution in [3.8, 4) is 33.8 Å². The van der Waals surface area contributed by atoms with Gasteiger partial charge in [0.05, 0.1) is 6.04 Å². The van der Waals surface area contributed by atoms with Gasteiger partial charge in [0.15, 0.2) is 17.3 Å². The maximum absolute atomic E-state index is 14.8. The second-order valence-electron chi connectivity index (χ2n) is 15.4. The van der Waals surface area contributed by atoms with Gasteiger partial charge in [-0.15, -0.1) is 0 Å². The van der Waals surface area contributed by atoms with Crippen LogP contribution in [-0.2, 0) is 25.6 Å². The number of rotatable bonds is 17. The molecule has 0 spiro atoms. The normalized spacial score (nSPS) is 17.2. The summed E-state index contributed by atoms with van der Waals surface area (Å²) in [5.41, 5.74) is 22.1. The highest BCUT2D eigenvalue weighted by Gasteiger charge is 2.36. The standard InChI is InChI=1S/C47H56ClN5O7/c1-29-23-42(56)45(53(3)47(58)36(7-4-5-18-49)28-41(55)34-9-6-8-33(26-34)32-11-14-37(48)15-12-32)35-13-17-44(60-22-20-51)39(27-35)38-24-31(10-16-43(38)59-21-19-50)25-40(30(2)54)52-46(29)57/h6,8-17,24,26-27,29,36,40,45H,4-5,7,18-23,25,28,49-51H2,1-3H3,(H,52,57)/t29-,36-,40+,45+/m1/s1. The largest absolute Gasteiger partial charge is 0.492 e. The zero-order valence-corrected chi connectivity index (χ0v) is 35.3. The molecule has 1 heterocycles. The van der Waals surface area contributed by atoms with E-state index in [1.165, 1.54) is 11.8 Å². The smallest absolute Gasteiger partial charge is 0.226 e. The van der Waals surface area contributed by atoms with Gasteiger partial charge in [-0.2, -0.15) is 0 Å². The van der Waals surface area contributed by atoms with Gasteiger partial charge >= 0.3 is 0 Å². The van der Waals surface area contributed by atoms with Gasteiger partial charge in [0.25, 0.3) is 0 Å². The molecule has 318 valence electrons. The van der Waals surface area contributed by atoms with Crippen molar-refractivity contribution < 1.29 is 33.4 Å². The quantitative estimate of drug-likeness (QED) is 0.0713. The Morgan fingerprint density at radius 1 is 0.817 bits per heavy atom. The number of ketones is 3. The maximum atomic E-state index is 14.8. The summed E-state index contributed by atoms with van der Waals surface area (Å²) in [4.78, 5) is 71.4. The fraction of sp³-hybridized carbons (Fsp3) is 0.383. The lowest BCUT2D eigenvalue weighted by Gasteiger charge is -2.32. The molecule has 60 heavy (non-hydrogen) atoms. The molecule has 13 heteroatoms. The van der Waals surface area contributed by atoms with E-state index >= 15 is 0 Å². The number of Topliss-reactive ketones (excluding diaryl/α,β-unsaturated/α-hetero) is 3. The number of unbranched alkanes of at least 4 members (excludes halogenated alkanes) is 1. The Morgan fingerprint density at radius 2 is 1.48 bits per heavy atom. The summed E-state index contributed by atoms with van der Waals surface area (Å²) in [6.07, 6.45) is 1.46. The minimum Gasteiger partial charge on any atom is -0.492 e. The number of carbonyl (C=O) groups is 5. The van der Waals surface area contributed by atoms with Gasteiger partial charge in [-0.05, 0) is 97.4 Å². The summed E-state index contributed by atoms with van der Waals surface area (Å²) in [6, 6.07) is 23.3. The van der Waals surface area contributed by atoms with E-state index in [-0.39, 0.29) is 57.1 Å². The topological polar surface area (TPSA) is 197 Å². The van der Waals surface area contributed by atoms with Gasteiger partial charge in [0, 0.05) is 66.5 Å². The molecule has 0 aromatic heterocycles. The molecule has 2 amide bonds. The molecule has 0 saturated heterocycles. The molecule has 0 fully saturated rings. The lowest BCUT2D eigenvalue weighted by molar-refractivity contribution is -0.142. The average molecular weight is 838 g/mol. The van der Waals surface area contributed by atoms with E-state index in [9.17, 15) is 24.0 Å². The molecule has 4 bridgehead atoms. The summed E-state index contributed by atoms with van der Waals surface area (Å²) in [7, 11) is 1.56. The van der Waals surface area contributed by atoms with Gasteiger partial charge in [0.1, 0.15) is 30.8 Å². The van der Waals surface area contributed by atoms with E-state index < -0.39 is 41.5 Å². The number of amides is 2. The first-order valence-corrected chi connectivity index (χ1v) is 20.8. The van der Waals surface area contributed by atoms with Crippen LogP contribution in [0.1, 0.15) is 73.5 Å². The molecule has 0 unspecified atom stereocenters. The van der Waals surface area contributed by atoms with Crippen LogP contribution in [0.15, 0.2) is 84.9 Å². The molecule has 0 radical (unpaired) electrons. The summed E-state index contributed by atoms with van der Waals surface area (Å²) in [5, 5.41) is 3.45. The summed E-state index contributed by atoms with van der Waals surface area (Å²) in [6.45, 7) is 4.35. The van der Waals surface area contributed by atoms with Crippen LogP contribution in [-0.4, -0.2) is 80.0 Å². The third-order valence-corrected chi connectivity index (χ3v) is 11.0. The molecule has 1 aliphatic heterocycles. The van der Waals surface area contributed by atoms with Crippen molar-refractivity contribution >= 4 is 40.8 Å². The van der Waals surface area contributed by atoms with Crippen LogP contribution < -0.4 is 32.0 Å². The fourth-order valence-electron chi connectivity index (χ4n) is 7.53. The molecule has 4 aromatic rings. The molecular weight excluding hydrogens is 782 g/mol. The first-order valence-electron chi connectivity index (χ1n) is 20.5. The molecule has 4 aromatic carbocycles. The predicted molar refractivity (Wildman–Crippen MR) is 234 cm³/mol. The van der Waals surface area contributed by atoms with E-state index in [4.69, 9.17) is 38.3 Å². The van der Waals surface area contributed by atoms with Gasteiger partial charge < -0.3 is 36.9 Å². The van der Waals surface area contributed by atoms with E-state index in [2.05, 4.69) is 5.32 Å². The zero-order chi connectivity index (χ0) is 43.3. The highest BCUT2D eigenvalue weighted by molar-refractivity contribution is 6.30. The first kappa shape index (κ1) is 45.7. The molecule has 7 N–H and O–H groups in total. The van der Waals surface area contributed by atoms with Crippen LogP contribution >= 0.6 is 11.6 Å². The molecule has 12 nitrogen and oxygen atoms in total. The Morgan fingerprint density at radius 3 is 2.13 bits per heavy atom. The number of hydrogen-bond donors (Lipinski definition) is 4. The van der Waals surface area contributed by atoms with Crippen LogP contribution in [0.25, 0.3) is 22.3 Å². The number of fused-ring (bicyclic) bond motifs is 5. The monoisotopic (exact) mass is 837 g/mol. The van der Waals surface area contributed by atoms with Crippen LogP contribution in [0.4, 0.5) is 0 Å². The molecule has 1 aliphatic rings. The van der Waals surface area contributed by atoms with Crippen LogP contribution in [0.5, 0.6) is 11.5 Å². The number of nitrogens with one attached hydrogen (secondary N) is 1. The van der Waals surface area contributed by atoms with Crippen molar-refractivity contribution in [1.82, 2.24) is 10.2 Å². The van der Waals surface area contributed by atoms with Gasteiger partial charge in [0.2, 0.25) is 11.8 Å². The van der Waals surface area contributed by atoms with E-state index in [1.54, 1.807) is 68.6 Å². The van der Waals surface area contributed by atoms with Crippen molar-refractivity contribution in [3.05, 3.63) is 107 Å². The second kappa shape index (κ2) is 21.7. The number of nitrogens with zero attached hydrogens (tertiary/aromatic N) is 1. The Bertz CT molecular complexity index is 2160. The Hall–Kier alpha value is -5.40. The van der Waals surface area contributed by atoms with Crippen molar-refractivity contribution in [3.63, 3.8) is 0 Å². The SMILES string of the molecule is CC(=O)[C@@H]1Cc2ccc(OCCN)c(c2)-c2cc(ccc2OCCN)[C@H](N(C)C(=O)[C@H](CCCCN)CC(=O)c2cccc(-c3ccc(Cl)cc3)c2)C(=O)C[C@@H](C)C(=O)N1. The fourth-order valence-corrected chi connectivity index (χ4v) is 7.66. The third kappa shape index (κ3) is 11.7. The van der Waals surface area contributed by atoms with Gasteiger partial charge in [-0.25, -0.2) is 0 Å². The summed E-state index contributed by atoms with van der Waals surface area (Å²) >= 11 is 6.11. The average Bonchev–Trinajstić information content (AvgIpc) is 3.24. The molecule has 0 saturated carbocycles. The molecule has 0 aliphatic carbocycles. The Balaban J connectivity index is 1.60. The minimum absolute atomic E-state index is 0.101. The van der Waals surface area contributed by atoms with Crippen LogP contribution in [0, 0.1) is 11.8 Å². The Labute approximate surface area is 357 Å². The van der Waals surface area contributed by atoms with E-state index in [0.29, 0.717) is 64.6 Å². The van der Waals surface area contributed by atoms with Crippen molar-refractivity contribution in [2.24, 2.45) is 29.0 Å². The number of nitrogens with two attached hydrogens (primary N) is 3. The number of carbonyl (C=O) groups excluding carboxylic acids is 5. The lowest BCUT2D eigenvalue weighted by Crippen LogP contribution is -2.45. The number of ether oxygens (including phenoxy) is 2. The number of benzene rings is 4. The number of likely N-dealkylation sites (N-methyl/N-ethyl adjacent to an activating group) is 1. The van der Waals surface area contributed by atoms with Crippen LogP contribution in [0.3, 0.4) is 0 Å². The maximum Gasteiger partial charge on any atom is 0.226 e. The van der Waals surface area contributed by atoms with Crippen molar-refractivity contribution in [1.29, 1.82) is 0 Å². The number of hydrogen-bond acceptors (Lipinski definition) is 10. The van der Waals surface area contributed by atoms with Crippen molar-refractivity contribution in [2.45, 2.75) is 64.5 Å². The van der Waals surface area contributed by atoms with Crippen LogP contribution in [0.2, 0.25) is 5.02 Å². The Kier molecular flexibility index (Phi) is 16.5. The zero-order valence-electron chi connectivity index (χ0n) is 34.6. The molecule has 5 rings (SSSR count). The molecular formula is C47H56ClN5O7. The first-order chi connectivity index (χ1) is 28.8. The second-order valence-corrected chi connectivity index (χ2v) is 15.8. The van der Waals surface area contributed by atoms with Gasteiger partial charge in [-0.1, -0.05) is 67.4 Å². The van der Waals surface area contributed by atoms with Gasteiger partial charge in [-0.3, -0.25) is 24.0 Å². The highest BCUT2D eigenvalue weighted by atomic mass is 35.5.